The molecule has 21 heavy (non-hydrogen) atoms. The van der Waals surface area contributed by atoms with Gasteiger partial charge in [0, 0.05) is 37.3 Å². The molecule has 0 aromatic heterocycles. The van der Waals surface area contributed by atoms with Crippen LogP contribution in [0.1, 0.15) is 32.3 Å². The van der Waals surface area contributed by atoms with Crippen LogP contribution in [0.25, 0.3) is 0 Å². The van der Waals surface area contributed by atoms with Crippen molar-refractivity contribution in [2.75, 3.05) is 37.7 Å². The van der Waals surface area contributed by atoms with E-state index in [0.29, 0.717) is 12.0 Å². The minimum absolute atomic E-state index is 0.575. The molecule has 3 nitrogen and oxygen atoms in total. The van der Waals surface area contributed by atoms with Crippen molar-refractivity contribution in [3.05, 3.63) is 29.8 Å². The number of nitrogens with zero attached hydrogens (tertiary/aromatic N) is 1. The number of hydrogen-bond acceptors (Lipinski definition) is 3. The van der Waals surface area contributed by atoms with Crippen LogP contribution in [0.2, 0.25) is 0 Å². The Kier molecular flexibility index (Phi) is 6.52. The van der Waals surface area contributed by atoms with Crippen LogP contribution in [0.15, 0.2) is 24.3 Å². The van der Waals surface area contributed by atoms with Gasteiger partial charge in [-0.3, -0.25) is 0 Å². The van der Waals surface area contributed by atoms with Crippen molar-refractivity contribution in [1.29, 1.82) is 0 Å². The third kappa shape index (κ3) is 4.72. The highest BCUT2D eigenvalue weighted by molar-refractivity contribution is 5.48. The zero-order chi connectivity index (χ0) is 15.1. The molecule has 0 amide bonds. The average Bonchev–Trinajstić information content (AvgIpc) is 2.51. The van der Waals surface area contributed by atoms with Crippen molar-refractivity contribution in [3.63, 3.8) is 0 Å². The highest BCUT2D eigenvalue weighted by Gasteiger charge is 2.26. The number of benzene rings is 1. The minimum Gasteiger partial charge on any atom is -0.381 e. The van der Waals surface area contributed by atoms with Crippen molar-refractivity contribution in [1.82, 2.24) is 5.32 Å². The molecule has 0 spiro atoms. The number of aryl methyl sites for hydroxylation is 1. The van der Waals surface area contributed by atoms with E-state index in [9.17, 15) is 0 Å². The van der Waals surface area contributed by atoms with Crippen LogP contribution >= 0.6 is 0 Å². The Morgan fingerprint density at radius 2 is 2.19 bits per heavy atom. The maximum atomic E-state index is 5.73. The monoisotopic (exact) mass is 290 g/mol. The smallest absolute Gasteiger partial charge is 0.0526 e. The standard InChI is InChI=1S/C18H30N2O/c1-4-10-19-18-9-11-21-14-16(18)13-20(5-2)17-8-6-7-15(3)12-17/h6-8,12,16,18-19H,4-5,9-11,13-14H2,1-3H3. The molecule has 3 heteroatoms. The predicted octanol–water partition coefficient (Wildman–Crippen LogP) is 3.23. The van der Waals surface area contributed by atoms with Gasteiger partial charge in [0.05, 0.1) is 6.61 Å². The molecule has 0 radical (unpaired) electrons. The number of hydrogen-bond donors (Lipinski definition) is 1. The van der Waals surface area contributed by atoms with Gasteiger partial charge in [-0.05, 0) is 50.9 Å². The van der Waals surface area contributed by atoms with E-state index in [4.69, 9.17) is 4.74 Å². The van der Waals surface area contributed by atoms with E-state index < -0.39 is 0 Å². The summed E-state index contributed by atoms with van der Waals surface area (Å²) < 4.78 is 5.73. The second-order valence-electron chi connectivity index (χ2n) is 6.06. The van der Waals surface area contributed by atoms with Gasteiger partial charge in [-0.2, -0.15) is 0 Å². The Morgan fingerprint density at radius 1 is 1.33 bits per heavy atom. The molecular formula is C18H30N2O. The highest BCUT2D eigenvalue weighted by Crippen LogP contribution is 2.21. The van der Waals surface area contributed by atoms with E-state index in [1.54, 1.807) is 0 Å². The van der Waals surface area contributed by atoms with Gasteiger partial charge < -0.3 is 15.0 Å². The van der Waals surface area contributed by atoms with Gasteiger partial charge in [0.25, 0.3) is 0 Å². The summed E-state index contributed by atoms with van der Waals surface area (Å²) in [4.78, 5) is 2.48. The predicted molar refractivity (Wildman–Crippen MR) is 90.1 cm³/mol. The van der Waals surface area contributed by atoms with Crippen molar-refractivity contribution in [3.8, 4) is 0 Å². The Bertz CT molecular complexity index is 421. The van der Waals surface area contributed by atoms with Crippen LogP contribution in [0.3, 0.4) is 0 Å². The van der Waals surface area contributed by atoms with Gasteiger partial charge in [0.2, 0.25) is 0 Å². The van der Waals surface area contributed by atoms with Gasteiger partial charge in [-0.25, -0.2) is 0 Å². The largest absolute Gasteiger partial charge is 0.381 e. The van der Waals surface area contributed by atoms with Crippen molar-refractivity contribution >= 4 is 5.69 Å². The number of anilines is 1. The average molecular weight is 290 g/mol. The molecule has 0 bridgehead atoms. The van der Waals surface area contributed by atoms with Crippen molar-refractivity contribution in [2.24, 2.45) is 5.92 Å². The summed E-state index contributed by atoms with van der Waals surface area (Å²) in [7, 11) is 0. The fourth-order valence-electron chi connectivity index (χ4n) is 3.10. The second kappa shape index (κ2) is 8.40. The summed E-state index contributed by atoms with van der Waals surface area (Å²) in [6.07, 6.45) is 2.33. The fraction of sp³-hybridized carbons (Fsp3) is 0.667. The van der Waals surface area contributed by atoms with Gasteiger partial charge in [-0.1, -0.05) is 19.1 Å². The second-order valence-corrected chi connectivity index (χ2v) is 6.06. The molecular weight excluding hydrogens is 260 g/mol. The van der Waals surface area contributed by atoms with Crippen LogP contribution in [0.5, 0.6) is 0 Å². The molecule has 118 valence electrons. The number of nitrogens with one attached hydrogen (secondary N) is 1. The van der Waals surface area contributed by atoms with Gasteiger partial charge >= 0.3 is 0 Å². The maximum Gasteiger partial charge on any atom is 0.0526 e. The first-order valence-electron chi connectivity index (χ1n) is 8.37. The summed E-state index contributed by atoms with van der Waals surface area (Å²) in [5.41, 5.74) is 2.66. The van der Waals surface area contributed by atoms with Crippen LogP contribution in [0, 0.1) is 12.8 Å². The molecule has 2 unspecified atom stereocenters. The molecule has 1 aromatic carbocycles. The summed E-state index contributed by atoms with van der Waals surface area (Å²) in [5, 5.41) is 3.71. The first-order chi connectivity index (χ1) is 10.2. The molecule has 1 saturated heterocycles. The van der Waals surface area contributed by atoms with Crippen LogP contribution in [0.4, 0.5) is 5.69 Å². The van der Waals surface area contributed by atoms with Crippen LogP contribution in [-0.4, -0.2) is 38.9 Å². The van der Waals surface area contributed by atoms with E-state index in [1.807, 2.05) is 0 Å². The molecule has 0 aliphatic carbocycles. The van der Waals surface area contributed by atoms with Gasteiger partial charge in [0.15, 0.2) is 0 Å². The lowest BCUT2D eigenvalue weighted by atomic mass is 9.94. The highest BCUT2D eigenvalue weighted by atomic mass is 16.5. The number of ether oxygens (including phenoxy) is 1. The molecule has 2 rings (SSSR count). The summed E-state index contributed by atoms with van der Waals surface area (Å²) >= 11 is 0. The Morgan fingerprint density at radius 3 is 2.90 bits per heavy atom. The Balaban J connectivity index is 2.01. The van der Waals surface area contributed by atoms with Gasteiger partial charge in [-0.15, -0.1) is 0 Å². The zero-order valence-electron chi connectivity index (χ0n) is 13.8. The molecule has 1 aliphatic rings. The Labute approximate surface area is 129 Å². The molecule has 1 fully saturated rings. The quantitative estimate of drug-likeness (QED) is 0.834. The molecule has 1 heterocycles. The minimum atomic E-state index is 0.575. The third-order valence-corrected chi connectivity index (χ3v) is 4.33. The van der Waals surface area contributed by atoms with E-state index >= 15 is 0 Å². The lowest BCUT2D eigenvalue weighted by Gasteiger charge is -2.36. The summed E-state index contributed by atoms with van der Waals surface area (Å²) in [6.45, 7) is 11.6. The third-order valence-electron chi connectivity index (χ3n) is 4.33. The SMILES string of the molecule is CCCNC1CCOCC1CN(CC)c1cccc(C)c1. The van der Waals surface area contributed by atoms with Crippen molar-refractivity contribution in [2.45, 2.75) is 39.7 Å². The fourth-order valence-corrected chi connectivity index (χ4v) is 3.10. The van der Waals surface area contributed by atoms with E-state index in [2.05, 4.69) is 55.3 Å². The Hall–Kier alpha value is -1.06. The summed E-state index contributed by atoms with van der Waals surface area (Å²) in [5.74, 6) is 0.575. The normalized spacial score (nSPS) is 22.2. The molecule has 1 N–H and O–H groups in total. The molecule has 1 aromatic rings. The van der Waals surface area contributed by atoms with Gasteiger partial charge in [0.1, 0.15) is 0 Å². The van der Waals surface area contributed by atoms with E-state index in [-0.39, 0.29) is 0 Å². The van der Waals surface area contributed by atoms with Crippen LogP contribution in [-0.2, 0) is 4.74 Å². The number of rotatable bonds is 7. The first kappa shape index (κ1) is 16.3. The van der Waals surface area contributed by atoms with Crippen LogP contribution < -0.4 is 10.2 Å². The van der Waals surface area contributed by atoms with E-state index in [1.165, 1.54) is 17.7 Å². The van der Waals surface area contributed by atoms with Crippen molar-refractivity contribution < 1.29 is 4.74 Å². The summed E-state index contributed by atoms with van der Waals surface area (Å²) in [6, 6.07) is 9.40. The molecule has 1 aliphatic heterocycles. The zero-order valence-corrected chi connectivity index (χ0v) is 13.8. The molecule has 0 saturated carbocycles. The lowest BCUT2D eigenvalue weighted by Crippen LogP contribution is -2.48. The van der Waals surface area contributed by atoms with E-state index in [0.717, 1.165) is 39.3 Å². The topological polar surface area (TPSA) is 24.5 Å². The maximum absolute atomic E-state index is 5.73. The lowest BCUT2D eigenvalue weighted by molar-refractivity contribution is 0.0348. The molecule has 2 atom stereocenters. The first-order valence-corrected chi connectivity index (χ1v) is 8.37.